The van der Waals surface area contributed by atoms with Crippen molar-refractivity contribution in [1.82, 2.24) is 36.6 Å². The molecule has 0 aliphatic carbocycles. The molecular weight excluding hydrogens is 1690 g/mol. The quantitative estimate of drug-likeness (QED) is 0.0200. The molecule has 12 rings (SSSR count). The van der Waals surface area contributed by atoms with E-state index in [1.165, 1.54) is 126 Å². The maximum atomic E-state index is 14.4. The number of carbonyl (C=O) groups is 13. The van der Waals surface area contributed by atoms with Crippen LogP contribution in [0, 0.1) is 36.0 Å². The summed E-state index contributed by atoms with van der Waals surface area (Å²) in [4.78, 5) is 163. The largest absolute Gasteiger partial charge is 0.465 e. The van der Waals surface area contributed by atoms with Crippen LogP contribution in [0.25, 0.3) is 0 Å². The molecule has 0 bridgehead atoms. The van der Waals surface area contributed by atoms with Gasteiger partial charge in [-0.1, -0.05) is 12.1 Å². The zero-order valence-corrected chi connectivity index (χ0v) is 69.3. The molecule has 0 spiro atoms. The number of pyridine rings is 2. The monoisotopic (exact) mass is 1780 g/mol. The zero-order chi connectivity index (χ0) is 91.4. The minimum Gasteiger partial charge on any atom is -0.465 e. The number of nitrogens with two attached hydrogens (primary N) is 1. The SMILES string of the molecule is CC(=O)NC[C@H]1CN(c2ccc(C(=O)OCc3cccnc3)c(F)c2)C(=O)O1.CC(=O)NC[C@H]1CN(c2ccc(C)c(F)c2)C(=O)O1.CC(=O)NC[C@H]1CN(c2ccc(NC(=O)c3cccnc3)c(F)c2)C(=O)O1.CC(=O)NC[C@H]1CN(c2ccc(NS(C)(=O)=O)c(F)c2)C(=O)O1.COC(=O)c1ccc(N2C[C@H](CNC(C)=O)OC2=O)cc1F.CS(N)(=O)=O. The van der Waals surface area contributed by atoms with Crippen LogP contribution >= 0.6 is 0 Å². The maximum absolute atomic E-state index is 14.4. The number of ether oxygens (including phenoxy) is 7. The molecule has 5 aliphatic heterocycles. The highest BCUT2D eigenvalue weighted by molar-refractivity contribution is 7.92. The molecule has 124 heavy (non-hydrogen) atoms. The summed E-state index contributed by atoms with van der Waals surface area (Å²) in [6, 6.07) is 26.3. The number of rotatable bonds is 23. The third-order valence-electron chi connectivity index (χ3n) is 17.0. The number of hydrogen-bond donors (Lipinski definition) is 8. The first-order valence-corrected chi connectivity index (χ1v) is 40.7. The first-order chi connectivity index (χ1) is 58.4. The molecule has 7 aromatic rings. The van der Waals surface area contributed by atoms with Crippen LogP contribution in [0.1, 0.15) is 76.8 Å². The number of nitrogens with one attached hydrogen (secondary N) is 7. The second-order valence-corrected chi connectivity index (χ2v) is 30.6. The number of carbonyl (C=O) groups excluding carboxylic acids is 13. The molecule has 0 radical (unpaired) electrons. The fourth-order valence-corrected chi connectivity index (χ4v) is 11.7. The zero-order valence-electron chi connectivity index (χ0n) is 67.7. The fraction of sp³-hybridized carbons (Fsp3) is 0.321. The van der Waals surface area contributed by atoms with Gasteiger partial charge in [-0.05, 0) is 116 Å². The van der Waals surface area contributed by atoms with E-state index in [0.717, 1.165) is 43.9 Å². The van der Waals surface area contributed by atoms with Gasteiger partial charge in [-0.2, -0.15) is 0 Å². The van der Waals surface area contributed by atoms with Crippen LogP contribution in [-0.4, -0.2) is 220 Å². The number of methoxy groups -OCH3 is 1. The molecule has 5 fully saturated rings. The molecule has 7 heterocycles. The summed E-state index contributed by atoms with van der Waals surface area (Å²) in [5.74, 6) is -6.72. The Balaban J connectivity index is 0.000000211. The highest BCUT2D eigenvalue weighted by Gasteiger charge is 2.38. The second kappa shape index (κ2) is 44.9. The van der Waals surface area contributed by atoms with E-state index in [1.807, 2.05) is 4.72 Å². The van der Waals surface area contributed by atoms with Crippen LogP contribution in [0.5, 0.6) is 0 Å². The van der Waals surface area contributed by atoms with E-state index in [-0.39, 0.29) is 140 Å². The molecule has 39 nitrogen and oxygen atoms in total. The predicted molar refractivity (Wildman–Crippen MR) is 433 cm³/mol. The van der Waals surface area contributed by atoms with Gasteiger partial charge in [-0.15, -0.1) is 0 Å². The highest BCUT2D eigenvalue weighted by atomic mass is 32.2. The molecule has 5 aromatic carbocycles. The lowest BCUT2D eigenvalue weighted by atomic mass is 10.1. The van der Waals surface area contributed by atoms with Crippen molar-refractivity contribution in [3.05, 3.63) is 197 Å². The van der Waals surface area contributed by atoms with Crippen molar-refractivity contribution >= 4 is 138 Å². The van der Waals surface area contributed by atoms with E-state index in [2.05, 4.69) is 51.7 Å². The number of primary sulfonamides is 1. The molecule has 9 N–H and O–H groups in total. The Labute approximate surface area is 705 Å². The Morgan fingerprint density at radius 2 is 0.758 bits per heavy atom. The van der Waals surface area contributed by atoms with Gasteiger partial charge in [0.2, 0.25) is 49.6 Å². The second-order valence-electron chi connectivity index (χ2n) is 27.2. The minimum absolute atomic E-state index is 0.0186. The van der Waals surface area contributed by atoms with Gasteiger partial charge in [0.25, 0.3) is 5.91 Å². The number of cyclic esters (lactones) is 5. The number of anilines is 7. The average molecular weight is 1780 g/mol. The Morgan fingerprint density at radius 3 is 1.06 bits per heavy atom. The lowest BCUT2D eigenvalue weighted by Gasteiger charge is -2.14. The van der Waals surface area contributed by atoms with E-state index in [9.17, 15) is 101 Å². The average Bonchev–Trinajstić information content (AvgIpc) is 1.63. The summed E-state index contributed by atoms with van der Waals surface area (Å²) in [5, 5.41) is 19.6. The van der Waals surface area contributed by atoms with Gasteiger partial charge in [-0.3, -0.25) is 68.0 Å². The number of sulfonamides is 2. The number of halogens is 5. The number of benzene rings is 5. The van der Waals surface area contributed by atoms with Crippen molar-refractivity contribution in [2.45, 2.75) is 78.7 Å². The van der Waals surface area contributed by atoms with Crippen molar-refractivity contribution in [3.63, 3.8) is 0 Å². The summed E-state index contributed by atoms with van der Waals surface area (Å²) in [6.45, 7) is 10.3. The first kappa shape index (κ1) is 96.9. The first-order valence-electron chi connectivity index (χ1n) is 36.8. The molecule has 0 saturated carbocycles. The number of aryl methyl sites for hydroxylation is 1. The summed E-state index contributed by atoms with van der Waals surface area (Å²) < 4.78 is 148. The Morgan fingerprint density at radius 1 is 0.444 bits per heavy atom. The molecule has 2 aromatic heterocycles. The van der Waals surface area contributed by atoms with Crippen LogP contribution in [0.15, 0.2) is 140 Å². The van der Waals surface area contributed by atoms with Crippen LogP contribution in [0.4, 0.5) is 85.7 Å². The molecule has 5 aliphatic rings. The molecule has 0 unspecified atom stereocenters. The van der Waals surface area contributed by atoms with E-state index in [1.54, 1.807) is 55.7 Å². The maximum Gasteiger partial charge on any atom is 0.414 e. The lowest BCUT2D eigenvalue weighted by molar-refractivity contribution is -0.120. The van der Waals surface area contributed by atoms with Gasteiger partial charge in [0.15, 0.2) is 0 Å². The lowest BCUT2D eigenvalue weighted by Crippen LogP contribution is -2.33. The van der Waals surface area contributed by atoms with Gasteiger partial charge in [-0.25, -0.2) is 77.5 Å². The number of esters is 2. The smallest absolute Gasteiger partial charge is 0.414 e. The number of hydrogen-bond acceptors (Lipinski definition) is 26. The molecule has 46 heteroatoms. The van der Waals surface area contributed by atoms with Gasteiger partial charge < -0.3 is 65.1 Å². The predicted octanol–water partition coefficient (Wildman–Crippen LogP) is 6.21. The van der Waals surface area contributed by atoms with Crippen LogP contribution < -0.4 is 66.3 Å². The normalized spacial score (nSPS) is 16.7. The molecular formula is C78H86F5N15O24S2. The van der Waals surface area contributed by atoms with Crippen LogP contribution in [0.2, 0.25) is 0 Å². The van der Waals surface area contributed by atoms with Crippen LogP contribution in [0.3, 0.4) is 0 Å². The summed E-state index contributed by atoms with van der Waals surface area (Å²) in [5.41, 5.74) is 2.31. The number of nitrogens with zero attached hydrogens (tertiary/aromatic N) is 7. The van der Waals surface area contributed by atoms with Crippen molar-refractivity contribution in [1.29, 1.82) is 0 Å². The highest BCUT2D eigenvalue weighted by Crippen LogP contribution is 2.31. The third kappa shape index (κ3) is 30.8. The molecule has 11 amide bonds. The topological polar surface area (TPSA) is 507 Å². The Hall–Kier alpha value is -14.2. The van der Waals surface area contributed by atoms with E-state index >= 15 is 0 Å². The Kier molecular flexibility index (Phi) is 35.1. The Bertz CT molecular complexity index is 5340. The van der Waals surface area contributed by atoms with E-state index in [0.29, 0.717) is 34.6 Å². The number of amides is 11. The van der Waals surface area contributed by atoms with Crippen molar-refractivity contribution in [3.8, 4) is 0 Å². The summed E-state index contributed by atoms with van der Waals surface area (Å²) >= 11 is 0. The molecule has 5 atom stereocenters. The molecule has 5 saturated heterocycles. The van der Waals surface area contributed by atoms with Gasteiger partial charge in [0.1, 0.15) is 66.2 Å². The van der Waals surface area contributed by atoms with Gasteiger partial charge >= 0.3 is 42.4 Å². The number of aromatic nitrogens is 2. The standard InChI is InChI=1S/C19H18FN3O5.C18H17FN4O4.C14H15FN2O5.C13H16FN3O5S.C13H15FN2O3.CH5NO2S/c1-12(24)22-9-15-10-23(19(26)28-15)14-4-5-16(17(20)7-14)18(25)27-11-13-3-2-6-21-8-13;1-11(24)21-9-14-10-23(18(26)27-14)13-4-5-16(15(19)7-13)22-17(25)12-3-2-6-20-8-12;1-8(18)16-6-10-7-17(14(20)22-10)9-3-4-11(12(15)5-9)13(19)21-2;1-8(18)15-6-10-7-17(13(19)22-10)9-3-4-12(11(14)5-9)16-23(2,20)21;1-8-3-4-10(5-12(8)14)16-7-11(19-13(16)18)6-15-9(2)17;1-5(2,3)4/h2-8,15H,9-11H2,1H3,(H,22,24);2-8,14H,9-10H2,1H3,(H,21,24)(H,22,25);3-5,10H,6-7H2,1-2H3,(H,16,18);3-5,10,16H,6-7H2,1-2H3,(H,15,18);3-5,11H,6-7H2,1-2H3,(H,15,17);1H3,(H2,2,3,4)/t15-;14-;2*10-;11-;/m00000./s1. The van der Waals surface area contributed by atoms with E-state index in [4.69, 9.17) is 28.4 Å². The summed E-state index contributed by atoms with van der Waals surface area (Å²) in [7, 11) is -5.62. The van der Waals surface area contributed by atoms with Gasteiger partial charge in [0.05, 0.1) is 142 Å². The van der Waals surface area contributed by atoms with Crippen molar-refractivity contribution in [2.75, 3.05) is 120 Å². The van der Waals surface area contributed by atoms with E-state index < -0.39 is 122 Å². The minimum atomic E-state index is -3.60. The summed E-state index contributed by atoms with van der Waals surface area (Å²) in [6.07, 6.45) is 2.25. The van der Waals surface area contributed by atoms with Gasteiger partial charge in [0, 0.05) is 65.0 Å². The van der Waals surface area contributed by atoms with Crippen LogP contribution in [-0.2, 0) is 83.8 Å². The van der Waals surface area contributed by atoms with Crippen molar-refractivity contribution in [2.24, 2.45) is 5.14 Å². The fourth-order valence-electron chi connectivity index (χ4n) is 11.1. The molecule has 664 valence electrons. The third-order valence-corrected chi connectivity index (χ3v) is 17.6. The van der Waals surface area contributed by atoms with Crippen molar-refractivity contribution < 1.29 is 134 Å².